The molecule has 2 aromatic rings. The first-order valence-corrected chi connectivity index (χ1v) is 6.51. The van der Waals surface area contributed by atoms with Crippen molar-refractivity contribution in [2.45, 2.75) is 13.2 Å². The number of halogens is 3. The molecule has 0 saturated carbocycles. The molecule has 0 aliphatic heterocycles. The maximum atomic E-state index is 13.6. The Morgan fingerprint density at radius 2 is 1.77 bits per heavy atom. The van der Waals surface area contributed by atoms with Crippen molar-refractivity contribution in [2.24, 2.45) is 0 Å². The van der Waals surface area contributed by atoms with Crippen LogP contribution in [0.5, 0.6) is 5.75 Å². The second kappa shape index (κ2) is 6.98. The fourth-order valence-corrected chi connectivity index (χ4v) is 1.96. The Morgan fingerprint density at radius 3 is 2.36 bits per heavy atom. The highest BCUT2D eigenvalue weighted by Gasteiger charge is 2.15. The number of carbonyl (C=O) groups excluding carboxylic acids is 1. The molecular weight excluding hydrogens is 295 g/mol. The minimum absolute atomic E-state index is 0.0114. The summed E-state index contributed by atoms with van der Waals surface area (Å²) in [5.74, 6) is -0.993. The van der Waals surface area contributed by atoms with E-state index in [0.29, 0.717) is 5.56 Å². The predicted molar refractivity (Wildman–Crippen MR) is 75.3 cm³/mol. The van der Waals surface area contributed by atoms with Gasteiger partial charge in [-0.3, -0.25) is 4.79 Å². The summed E-state index contributed by atoms with van der Waals surface area (Å²) in [5.41, 5.74) is 0.705. The van der Waals surface area contributed by atoms with Crippen LogP contribution >= 0.6 is 0 Å². The second-order valence-corrected chi connectivity index (χ2v) is 4.66. The smallest absolute Gasteiger partial charge is 0.387 e. The van der Waals surface area contributed by atoms with Crippen LogP contribution in [-0.4, -0.2) is 24.5 Å². The summed E-state index contributed by atoms with van der Waals surface area (Å²) in [4.78, 5) is 13.5. The number of carbonyl (C=O) groups is 1. The van der Waals surface area contributed by atoms with Crippen molar-refractivity contribution < 1.29 is 22.7 Å². The van der Waals surface area contributed by atoms with Crippen molar-refractivity contribution in [1.82, 2.24) is 4.90 Å². The maximum Gasteiger partial charge on any atom is 0.387 e. The van der Waals surface area contributed by atoms with E-state index in [-0.39, 0.29) is 17.9 Å². The van der Waals surface area contributed by atoms with E-state index in [0.717, 1.165) is 0 Å². The SMILES string of the molecule is CN(Cc1ccc(OC(F)F)cc1)C(=O)c1ccccc1F. The molecule has 0 bridgehead atoms. The van der Waals surface area contributed by atoms with E-state index in [1.807, 2.05) is 0 Å². The first-order chi connectivity index (χ1) is 10.5. The molecular formula is C16H14F3NO2. The van der Waals surface area contributed by atoms with Gasteiger partial charge in [0.2, 0.25) is 0 Å². The van der Waals surface area contributed by atoms with Crippen LogP contribution < -0.4 is 4.74 Å². The van der Waals surface area contributed by atoms with E-state index in [9.17, 15) is 18.0 Å². The average molecular weight is 309 g/mol. The fourth-order valence-electron chi connectivity index (χ4n) is 1.96. The highest BCUT2D eigenvalue weighted by Crippen LogP contribution is 2.17. The van der Waals surface area contributed by atoms with Crippen molar-refractivity contribution >= 4 is 5.91 Å². The third-order valence-electron chi connectivity index (χ3n) is 3.02. The van der Waals surface area contributed by atoms with E-state index in [2.05, 4.69) is 4.74 Å². The molecule has 22 heavy (non-hydrogen) atoms. The van der Waals surface area contributed by atoms with Gasteiger partial charge < -0.3 is 9.64 Å². The number of hydrogen-bond donors (Lipinski definition) is 0. The van der Waals surface area contributed by atoms with E-state index < -0.39 is 18.3 Å². The molecule has 0 N–H and O–H groups in total. The van der Waals surface area contributed by atoms with Gasteiger partial charge in [0.05, 0.1) is 5.56 Å². The second-order valence-electron chi connectivity index (χ2n) is 4.66. The molecule has 0 aliphatic carbocycles. The normalized spacial score (nSPS) is 10.6. The Kier molecular flexibility index (Phi) is 5.04. The topological polar surface area (TPSA) is 29.5 Å². The molecule has 2 aromatic carbocycles. The van der Waals surface area contributed by atoms with Crippen molar-refractivity contribution in [3.63, 3.8) is 0 Å². The molecule has 2 rings (SSSR count). The molecule has 1 amide bonds. The van der Waals surface area contributed by atoms with Gasteiger partial charge in [-0.15, -0.1) is 0 Å². The largest absolute Gasteiger partial charge is 0.435 e. The summed E-state index contributed by atoms with van der Waals surface area (Å²) in [6.45, 7) is -2.65. The molecule has 0 fully saturated rings. The molecule has 0 spiro atoms. The molecule has 116 valence electrons. The molecule has 0 heterocycles. The lowest BCUT2D eigenvalue weighted by Gasteiger charge is -2.18. The van der Waals surface area contributed by atoms with E-state index in [4.69, 9.17) is 0 Å². The van der Waals surface area contributed by atoms with Crippen molar-refractivity contribution in [1.29, 1.82) is 0 Å². The molecule has 0 radical (unpaired) electrons. The monoisotopic (exact) mass is 309 g/mol. The first kappa shape index (κ1) is 15.9. The predicted octanol–water partition coefficient (Wildman–Crippen LogP) is 3.70. The number of nitrogens with zero attached hydrogens (tertiary/aromatic N) is 1. The van der Waals surface area contributed by atoms with Crippen LogP contribution in [0, 0.1) is 5.82 Å². The lowest BCUT2D eigenvalue weighted by molar-refractivity contribution is -0.0498. The van der Waals surface area contributed by atoms with Crippen LogP contribution in [0.25, 0.3) is 0 Å². The van der Waals surface area contributed by atoms with Crippen molar-refractivity contribution in [3.8, 4) is 5.75 Å². The maximum absolute atomic E-state index is 13.6. The fraction of sp³-hybridized carbons (Fsp3) is 0.188. The summed E-state index contributed by atoms with van der Waals surface area (Å²) < 4.78 is 41.9. The van der Waals surface area contributed by atoms with Gasteiger partial charge in [-0.1, -0.05) is 24.3 Å². The molecule has 0 aromatic heterocycles. The van der Waals surface area contributed by atoms with Gasteiger partial charge in [-0.05, 0) is 29.8 Å². The Labute approximate surface area is 125 Å². The minimum atomic E-state index is -2.88. The summed E-state index contributed by atoms with van der Waals surface area (Å²) in [5, 5.41) is 0. The zero-order chi connectivity index (χ0) is 16.1. The summed E-state index contributed by atoms with van der Waals surface area (Å²) >= 11 is 0. The molecule has 6 heteroatoms. The summed E-state index contributed by atoms with van der Waals surface area (Å²) in [7, 11) is 1.54. The van der Waals surface area contributed by atoms with Crippen LogP contribution in [0.3, 0.4) is 0 Å². The van der Waals surface area contributed by atoms with Crippen molar-refractivity contribution in [2.75, 3.05) is 7.05 Å². The molecule has 0 saturated heterocycles. The van der Waals surface area contributed by atoms with Gasteiger partial charge in [0.15, 0.2) is 0 Å². The van der Waals surface area contributed by atoms with Crippen LogP contribution in [0.4, 0.5) is 13.2 Å². The Balaban J connectivity index is 2.04. The van der Waals surface area contributed by atoms with Gasteiger partial charge >= 0.3 is 6.61 Å². The molecule has 0 atom stereocenters. The lowest BCUT2D eigenvalue weighted by Crippen LogP contribution is -2.27. The van der Waals surface area contributed by atoms with E-state index >= 15 is 0 Å². The van der Waals surface area contributed by atoms with Gasteiger partial charge in [-0.2, -0.15) is 8.78 Å². The Hall–Kier alpha value is -2.50. The number of rotatable bonds is 5. The van der Waals surface area contributed by atoms with Gasteiger partial charge in [0, 0.05) is 13.6 Å². The summed E-state index contributed by atoms with van der Waals surface area (Å²) in [6, 6.07) is 11.7. The number of hydrogen-bond acceptors (Lipinski definition) is 2. The van der Waals surface area contributed by atoms with Gasteiger partial charge in [0.1, 0.15) is 11.6 Å². The quantitative estimate of drug-likeness (QED) is 0.843. The minimum Gasteiger partial charge on any atom is -0.435 e. The van der Waals surface area contributed by atoms with Crippen LogP contribution in [0.15, 0.2) is 48.5 Å². The number of alkyl halides is 2. The molecule has 0 unspecified atom stereocenters. The number of ether oxygens (including phenoxy) is 1. The number of benzene rings is 2. The van der Waals surface area contributed by atoms with Gasteiger partial charge in [-0.25, -0.2) is 4.39 Å². The summed E-state index contributed by atoms with van der Waals surface area (Å²) in [6.07, 6.45) is 0. The van der Waals surface area contributed by atoms with Crippen LogP contribution in [-0.2, 0) is 6.54 Å². The van der Waals surface area contributed by atoms with Crippen LogP contribution in [0.1, 0.15) is 15.9 Å². The zero-order valence-electron chi connectivity index (χ0n) is 11.8. The Morgan fingerprint density at radius 1 is 1.14 bits per heavy atom. The van der Waals surface area contributed by atoms with Gasteiger partial charge in [0.25, 0.3) is 5.91 Å². The highest BCUT2D eigenvalue weighted by atomic mass is 19.3. The third-order valence-corrected chi connectivity index (χ3v) is 3.02. The third kappa shape index (κ3) is 4.00. The zero-order valence-corrected chi connectivity index (χ0v) is 11.8. The Bertz CT molecular complexity index is 644. The van der Waals surface area contributed by atoms with Crippen molar-refractivity contribution in [3.05, 3.63) is 65.5 Å². The molecule has 3 nitrogen and oxygen atoms in total. The first-order valence-electron chi connectivity index (χ1n) is 6.51. The van der Waals surface area contributed by atoms with Crippen LogP contribution in [0.2, 0.25) is 0 Å². The average Bonchev–Trinajstić information content (AvgIpc) is 2.48. The lowest BCUT2D eigenvalue weighted by atomic mass is 10.1. The van der Waals surface area contributed by atoms with E-state index in [1.54, 1.807) is 25.2 Å². The highest BCUT2D eigenvalue weighted by molar-refractivity contribution is 5.94. The molecule has 0 aliphatic rings. The standard InChI is InChI=1S/C16H14F3NO2/c1-20(15(21)13-4-2-3-5-14(13)17)10-11-6-8-12(9-7-11)22-16(18)19/h2-9,16H,10H2,1H3. The number of amides is 1. The van der Waals surface area contributed by atoms with E-state index in [1.165, 1.54) is 35.2 Å².